The van der Waals surface area contributed by atoms with Crippen molar-refractivity contribution < 1.29 is 24.2 Å². The molecule has 1 aliphatic heterocycles. The quantitative estimate of drug-likeness (QED) is 0.424. The number of amides is 1. The molecule has 0 aromatic rings. The van der Waals surface area contributed by atoms with Crippen LogP contribution in [0, 0.1) is 5.92 Å². The maximum absolute atomic E-state index is 11.9. The Hall–Kier alpha value is -1.14. The zero-order valence-electron chi connectivity index (χ0n) is 13.8. The smallest absolute Gasteiger partial charge is 0.336 e. The summed E-state index contributed by atoms with van der Waals surface area (Å²) in [5.41, 5.74) is 0. The summed E-state index contributed by atoms with van der Waals surface area (Å²) in [4.78, 5) is 22.6. The van der Waals surface area contributed by atoms with E-state index in [1.165, 1.54) is 12.8 Å². The van der Waals surface area contributed by atoms with Crippen molar-refractivity contribution >= 4 is 11.9 Å². The van der Waals surface area contributed by atoms with Gasteiger partial charge in [-0.2, -0.15) is 0 Å². The van der Waals surface area contributed by atoms with Gasteiger partial charge in [-0.1, -0.05) is 40.0 Å². The van der Waals surface area contributed by atoms with Gasteiger partial charge in [-0.25, -0.2) is 4.79 Å². The van der Waals surface area contributed by atoms with E-state index in [0.29, 0.717) is 19.1 Å². The van der Waals surface area contributed by atoms with Crippen LogP contribution in [-0.2, 0) is 19.1 Å². The van der Waals surface area contributed by atoms with Gasteiger partial charge in [0.05, 0.1) is 12.6 Å². The molecule has 1 fully saturated rings. The number of ether oxygens (including phenoxy) is 2. The first-order chi connectivity index (χ1) is 10.5. The van der Waals surface area contributed by atoms with Crippen LogP contribution in [0.4, 0.5) is 0 Å². The van der Waals surface area contributed by atoms with Crippen LogP contribution in [0.5, 0.6) is 0 Å². The Morgan fingerprint density at radius 1 is 1.23 bits per heavy atom. The number of hydrogen-bond acceptors (Lipinski definition) is 4. The maximum Gasteiger partial charge on any atom is 0.336 e. The van der Waals surface area contributed by atoms with Crippen LogP contribution in [-0.4, -0.2) is 48.4 Å². The number of nitrogens with one attached hydrogen (secondary N) is 1. The van der Waals surface area contributed by atoms with Gasteiger partial charge in [-0.05, 0) is 18.8 Å². The van der Waals surface area contributed by atoms with Gasteiger partial charge < -0.3 is 19.9 Å². The fraction of sp³-hybridized carbons (Fsp3) is 0.875. The summed E-state index contributed by atoms with van der Waals surface area (Å²) in [6.45, 7) is 7.48. The molecule has 1 saturated heterocycles. The van der Waals surface area contributed by atoms with E-state index in [9.17, 15) is 9.59 Å². The summed E-state index contributed by atoms with van der Waals surface area (Å²) in [5.74, 6) is -1.02. The Bertz CT molecular complexity index is 358. The van der Waals surface area contributed by atoms with Gasteiger partial charge in [0.25, 0.3) is 5.91 Å². The first kappa shape index (κ1) is 18.9. The lowest BCUT2D eigenvalue weighted by Gasteiger charge is -2.20. The molecule has 0 spiro atoms. The van der Waals surface area contributed by atoms with Crippen LogP contribution >= 0.6 is 0 Å². The number of carbonyl (C=O) groups is 2. The third kappa shape index (κ3) is 7.22. The predicted octanol–water partition coefficient (Wildman–Crippen LogP) is 1.97. The second kappa shape index (κ2) is 9.79. The van der Waals surface area contributed by atoms with Crippen LogP contribution in [0.15, 0.2) is 0 Å². The molecule has 2 N–H and O–H groups in total. The lowest BCUT2D eigenvalue weighted by molar-refractivity contribution is -0.138. The number of aliphatic carboxylic acids is 1. The SMILES string of the molecule is CCCCCCOC[C@H](CC(C)C)NC(=O)[C@H]1O[C@@H]1C(=O)O. The van der Waals surface area contributed by atoms with E-state index in [2.05, 4.69) is 26.1 Å². The standard InChI is InChI=1S/C16H29NO5/c1-4-5-6-7-8-21-10-12(9-11(2)3)17-15(18)13-14(22-13)16(19)20/h11-14H,4-10H2,1-3H3,(H,17,18)(H,19,20)/t12-,13-,14-/m0/s1. The first-order valence-corrected chi connectivity index (χ1v) is 8.22. The van der Waals surface area contributed by atoms with E-state index in [1.54, 1.807) is 0 Å². The van der Waals surface area contributed by atoms with Gasteiger partial charge in [-0.15, -0.1) is 0 Å². The third-order valence-corrected chi connectivity index (χ3v) is 3.56. The van der Waals surface area contributed by atoms with E-state index in [4.69, 9.17) is 14.6 Å². The van der Waals surface area contributed by atoms with Crippen LogP contribution in [0.3, 0.4) is 0 Å². The van der Waals surface area contributed by atoms with E-state index in [0.717, 1.165) is 19.3 Å². The summed E-state index contributed by atoms with van der Waals surface area (Å²) >= 11 is 0. The van der Waals surface area contributed by atoms with Crippen LogP contribution in [0.25, 0.3) is 0 Å². The Morgan fingerprint density at radius 2 is 1.95 bits per heavy atom. The fourth-order valence-corrected chi connectivity index (χ4v) is 2.38. The van der Waals surface area contributed by atoms with E-state index < -0.39 is 18.2 Å². The summed E-state index contributed by atoms with van der Waals surface area (Å²) < 4.78 is 10.5. The largest absolute Gasteiger partial charge is 0.479 e. The Morgan fingerprint density at radius 3 is 2.50 bits per heavy atom. The van der Waals surface area contributed by atoms with Crippen LogP contribution < -0.4 is 5.32 Å². The lowest BCUT2D eigenvalue weighted by atomic mass is 10.0. The highest BCUT2D eigenvalue weighted by Gasteiger charge is 2.51. The molecular weight excluding hydrogens is 286 g/mol. The normalized spacial score (nSPS) is 21.6. The topological polar surface area (TPSA) is 88.2 Å². The number of carboxylic acid groups (broad SMARTS) is 1. The molecule has 1 heterocycles. The van der Waals surface area contributed by atoms with Crippen LogP contribution in [0.2, 0.25) is 0 Å². The van der Waals surface area contributed by atoms with E-state index >= 15 is 0 Å². The zero-order valence-corrected chi connectivity index (χ0v) is 13.8. The van der Waals surface area contributed by atoms with Crippen molar-refractivity contribution in [3.8, 4) is 0 Å². The molecule has 0 aliphatic carbocycles. The van der Waals surface area contributed by atoms with Crippen molar-refractivity contribution in [2.24, 2.45) is 5.92 Å². The van der Waals surface area contributed by atoms with Crippen molar-refractivity contribution in [1.29, 1.82) is 0 Å². The second-order valence-corrected chi connectivity index (χ2v) is 6.29. The molecule has 0 aromatic carbocycles. The molecule has 1 rings (SSSR count). The second-order valence-electron chi connectivity index (χ2n) is 6.29. The Balaban J connectivity index is 2.28. The molecule has 3 atom stereocenters. The molecule has 0 radical (unpaired) electrons. The highest BCUT2D eigenvalue weighted by Crippen LogP contribution is 2.22. The summed E-state index contributed by atoms with van der Waals surface area (Å²) in [6, 6.07) is -0.0997. The summed E-state index contributed by atoms with van der Waals surface area (Å²) in [5, 5.41) is 11.6. The molecule has 1 aliphatic rings. The molecule has 0 unspecified atom stereocenters. The number of carboxylic acids is 1. The lowest BCUT2D eigenvalue weighted by Crippen LogP contribution is -2.42. The minimum Gasteiger partial charge on any atom is -0.479 e. The monoisotopic (exact) mass is 315 g/mol. The molecule has 6 nitrogen and oxygen atoms in total. The summed E-state index contributed by atoms with van der Waals surface area (Å²) in [6.07, 6.45) is 3.55. The van der Waals surface area contributed by atoms with Crippen molar-refractivity contribution in [1.82, 2.24) is 5.32 Å². The molecule has 6 heteroatoms. The average molecular weight is 315 g/mol. The van der Waals surface area contributed by atoms with Gasteiger partial charge in [-0.3, -0.25) is 4.79 Å². The molecule has 0 aromatic heterocycles. The molecule has 128 valence electrons. The van der Waals surface area contributed by atoms with Gasteiger partial charge in [0, 0.05) is 6.61 Å². The highest BCUT2D eigenvalue weighted by molar-refractivity contribution is 5.92. The van der Waals surface area contributed by atoms with Crippen molar-refractivity contribution in [3.05, 3.63) is 0 Å². The van der Waals surface area contributed by atoms with E-state index in [1.807, 2.05) is 0 Å². The van der Waals surface area contributed by atoms with Crippen molar-refractivity contribution in [2.75, 3.05) is 13.2 Å². The first-order valence-electron chi connectivity index (χ1n) is 8.22. The van der Waals surface area contributed by atoms with Gasteiger partial charge in [0.2, 0.25) is 0 Å². The predicted molar refractivity (Wildman–Crippen MR) is 82.6 cm³/mol. The molecule has 22 heavy (non-hydrogen) atoms. The molecule has 0 saturated carbocycles. The molecule has 1 amide bonds. The summed E-state index contributed by atoms with van der Waals surface area (Å²) in [7, 11) is 0. The van der Waals surface area contributed by atoms with Crippen molar-refractivity contribution in [3.63, 3.8) is 0 Å². The number of epoxide rings is 1. The number of unbranched alkanes of at least 4 members (excludes halogenated alkanes) is 3. The maximum atomic E-state index is 11.9. The molecule has 0 bridgehead atoms. The third-order valence-electron chi connectivity index (χ3n) is 3.56. The van der Waals surface area contributed by atoms with Gasteiger partial charge in [0.15, 0.2) is 12.2 Å². The number of carbonyl (C=O) groups excluding carboxylic acids is 1. The van der Waals surface area contributed by atoms with Crippen molar-refractivity contribution in [2.45, 2.75) is 71.1 Å². The highest BCUT2D eigenvalue weighted by atomic mass is 16.6. The minimum atomic E-state index is -1.09. The fourth-order valence-electron chi connectivity index (χ4n) is 2.38. The Kier molecular flexibility index (Phi) is 8.42. The van der Waals surface area contributed by atoms with E-state index in [-0.39, 0.29) is 11.9 Å². The number of rotatable bonds is 12. The zero-order chi connectivity index (χ0) is 16.5. The van der Waals surface area contributed by atoms with Crippen LogP contribution in [0.1, 0.15) is 52.9 Å². The average Bonchev–Trinajstić information content (AvgIpc) is 3.22. The number of hydrogen-bond donors (Lipinski definition) is 2. The van der Waals surface area contributed by atoms with Gasteiger partial charge in [0.1, 0.15) is 0 Å². The van der Waals surface area contributed by atoms with Gasteiger partial charge >= 0.3 is 5.97 Å². The minimum absolute atomic E-state index is 0.0997. The molecular formula is C16H29NO5. The Labute approximate surface area is 132 Å².